The minimum Gasteiger partial charge on any atom is -0.392 e. The van der Waals surface area contributed by atoms with E-state index >= 15 is 0 Å². The van der Waals surface area contributed by atoms with Gasteiger partial charge in [-0.1, -0.05) is 18.2 Å². The third kappa shape index (κ3) is 3.93. The lowest BCUT2D eigenvalue weighted by Crippen LogP contribution is -2.43. The van der Waals surface area contributed by atoms with Crippen molar-refractivity contribution in [3.05, 3.63) is 29.8 Å². The summed E-state index contributed by atoms with van der Waals surface area (Å²) in [5.74, 6) is 0. The first kappa shape index (κ1) is 19.3. The van der Waals surface area contributed by atoms with Crippen molar-refractivity contribution in [3.8, 4) is 0 Å². The number of benzene rings is 1. The van der Waals surface area contributed by atoms with Crippen molar-refractivity contribution in [1.82, 2.24) is 9.21 Å². The zero-order chi connectivity index (χ0) is 19.1. The maximum Gasteiger partial charge on any atom is 0.243 e. The third-order valence-electron chi connectivity index (χ3n) is 6.49. The number of aliphatic hydroxyl groups is 1. The number of hydrogen-bond acceptors (Lipinski definition) is 5. The van der Waals surface area contributed by atoms with Gasteiger partial charge < -0.3 is 9.84 Å². The summed E-state index contributed by atoms with van der Waals surface area (Å²) in [6.45, 7) is 6.27. The van der Waals surface area contributed by atoms with Crippen molar-refractivity contribution in [1.29, 1.82) is 0 Å². The second-order valence-electron chi connectivity index (χ2n) is 8.51. The molecule has 150 valence electrons. The van der Waals surface area contributed by atoms with E-state index in [1.54, 1.807) is 16.4 Å². The van der Waals surface area contributed by atoms with E-state index in [0.29, 0.717) is 18.0 Å². The average molecular weight is 395 g/mol. The maximum atomic E-state index is 13.0. The molecule has 2 unspecified atom stereocenters. The predicted molar refractivity (Wildman–Crippen MR) is 103 cm³/mol. The predicted octanol–water partition coefficient (Wildman–Crippen LogP) is 1.62. The Morgan fingerprint density at radius 3 is 2.63 bits per heavy atom. The Labute approximate surface area is 162 Å². The molecule has 0 radical (unpaired) electrons. The van der Waals surface area contributed by atoms with Crippen molar-refractivity contribution in [2.45, 2.75) is 49.7 Å². The van der Waals surface area contributed by atoms with Gasteiger partial charge >= 0.3 is 0 Å². The number of ether oxygens (including phenoxy) is 1. The van der Waals surface area contributed by atoms with Crippen molar-refractivity contribution in [2.24, 2.45) is 5.41 Å². The summed E-state index contributed by atoms with van der Waals surface area (Å²) in [4.78, 5) is 2.71. The van der Waals surface area contributed by atoms with Crippen LogP contribution in [-0.4, -0.2) is 74.3 Å². The van der Waals surface area contributed by atoms with Crippen LogP contribution in [0.3, 0.4) is 0 Å². The molecule has 1 N–H and O–H groups in total. The highest BCUT2D eigenvalue weighted by atomic mass is 32.2. The smallest absolute Gasteiger partial charge is 0.243 e. The maximum absolute atomic E-state index is 13.0. The summed E-state index contributed by atoms with van der Waals surface area (Å²) in [6.07, 6.45) is 3.57. The number of sulfonamides is 1. The molecule has 0 aromatic heterocycles. The summed E-state index contributed by atoms with van der Waals surface area (Å²) in [7, 11) is -3.42. The van der Waals surface area contributed by atoms with Gasteiger partial charge in [0.1, 0.15) is 0 Å². The number of piperidine rings is 1. The highest BCUT2D eigenvalue weighted by Gasteiger charge is 2.45. The van der Waals surface area contributed by atoms with Gasteiger partial charge in [-0.05, 0) is 49.7 Å². The fourth-order valence-corrected chi connectivity index (χ4v) is 6.48. The molecule has 7 heteroatoms. The van der Waals surface area contributed by atoms with Crippen LogP contribution in [0.5, 0.6) is 0 Å². The van der Waals surface area contributed by atoms with Crippen molar-refractivity contribution in [3.63, 3.8) is 0 Å². The molecule has 0 bridgehead atoms. The van der Waals surface area contributed by atoms with Gasteiger partial charge in [-0.3, -0.25) is 4.90 Å². The van der Waals surface area contributed by atoms with Crippen LogP contribution in [0.4, 0.5) is 0 Å². The molecule has 27 heavy (non-hydrogen) atoms. The van der Waals surface area contributed by atoms with E-state index < -0.39 is 10.0 Å². The molecule has 3 heterocycles. The first-order chi connectivity index (χ1) is 12.9. The molecule has 0 saturated carbocycles. The zero-order valence-electron chi connectivity index (χ0n) is 16.0. The molecule has 1 aromatic rings. The first-order valence-corrected chi connectivity index (χ1v) is 11.4. The van der Waals surface area contributed by atoms with Crippen molar-refractivity contribution >= 4 is 10.0 Å². The van der Waals surface area contributed by atoms with Gasteiger partial charge in [0.15, 0.2) is 0 Å². The number of aliphatic hydroxyl groups excluding tert-OH is 1. The van der Waals surface area contributed by atoms with Crippen LogP contribution in [0, 0.1) is 12.3 Å². The number of hydrogen-bond donors (Lipinski definition) is 1. The molecule has 1 spiro atoms. The Bertz CT molecular complexity index is 774. The molecular formula is C20H30N2O4S. The third-order valence-corrected chi connectivity index (χ3v) is 8.55. The second kappa shape index (κ2) is 7.44. The first-order valence-electron chi connectivity index (χ1n) is 9.96. The molecule has 2 atom stereocenters. The lowest BCUT2D eigenvalue weighted by atomic mass is 9.77. The largest absolute Gasteiger partial charge is 0.392 e. The standard InChI is InChI=1S/C20H30N2O4S/c1-16-4-2-3-5-19(16)27(24,25)22-10-7-20(8-11-22)12-18(26-15-20)14-21-9-6-17(23)13-21/h2-5,17-18,23H,6-15H2,1H3. The Morgan fingerprint density at radius 1 is 1.22 bits per heavy atom. The molecular weight excluding hydrogens is 364 g/mol. The molecule has 1 aromatic carbocycles. The quantitative estimate of drug-likeness (QED) is 0.840. The highest BCUT2D eigenvalue weighted by Crippen LogP contribution is 2.43. The van der Waals surface area contributed by atoms with Crippen LogP contribution in [-0.2, 0) is 14.8 Å². The Morgan fingerprint density at radius 2 is 1.96 bits per heavy atom. The summed E-state index contributed by atoms with van der Waals surface area (Å²) >= 11 is 0. The van der Waals surface area contributed by atoms with Crippen molar-refractivity contribution < 1.29 is 18.3 Å². The van der Waals surface area contributed by atoms with Gasteiger partial charge in [-0.15, -0.1) is 0 Å². The lowest BCUT2D eigenvalue weighted by molar-refractivity contribution is 0.0599. The van der Waals surface area contributed by atoms with E-state index in [1.807, 2.05) is 19.1 Å². The Balaban J connectivity index is 1.36. The van der Waals surface area contributed by atoms with Crippen molar-refractivity contribution in [2.75, 3.05) is 39.3 Å². The minimum atomic E-state index is -3.42. The minimum absolute atomic E-state index is 0.112. The van der Waals surface area contributed by atoms with E-state index in [0.717, 1.165) is 57.5 Å². The monoisotopic (exact) mass is 394 g/mol. The summed E-state index contributed by atoms with van der Waals surface area (Å²) < 4.78 is 33.7. The Hall–Kier alpha value is -0.990. The second-order valence-corrected chi connectivity index (χ2v) is 10.4. The fraction of sp³-hybridized carbons (Fsp3) is 0.700. The SMILES string of the molecule is Cc1ccccc1S(=O)(=O)N1CCC2(CC1)COC(CN1CCC(O)C1)C2. The van der Waals surface area contributed by atoms with E-state index in [4.69, 9.17) is 4.74 Å². The van der Waals surface area contributed by atoms with Crippen LogP contribution < -0.4 is 0 Å². The molecule has 4 rings (SSSR count). The van der Waals surface area contributed by atoms with Crippen LogP contribution >= 0.6 is 0 Å². The number of rotatable bonds is 4. The van der Waals surface area contributed by atoms with Crippen LogP contribution in [0.1, 0.15) is 31.2 Å². The van der Waals surface area contributed by atoms with Gasteiger partial charge in [0.2, 0.25) is 10.0 Å². The molecule has 6 nitrogen and oxygen atoms in total. The topological polar surface area (TPSA) is 70.1 Å². The Kier molecular flexibility index (Phi) is 5.33. The molecule has 3 fully saturated rings. The van der Waals surface area contributed by atoms with Crippen LogP contribution in [0.2, 0.25) is 0 Å². The van der Waals surface area contributed by atoms with Gasteiger partial charge in [0.05, 0.1) is 23.7 Å². The normalized spacial score (nSPS) is 29.6. The number of likely N-dealkylation sites (tertiary alicyclic amines) is 1. The zero-order valence-corrected chi connectivity index (χ0v) is 16.8. The van der Waals surface area contributed by atoms with E-state index in [9.17, 15) is 13.5 Å². The van der Waals surface area contributed by atoms with Crippen LogP contribution in [0.25, 0.3) is 0 Å². The average Bonchev–Trinajstić information content (AvgIpc) is 3.22. The number of aryl methyl sites for hydroxylation is 1. The number of β-amino-alcohol motifs (C(OH)–C–C–N with tert-alkyl or cyclic N) is 1. The summed E-state index contributed by atoms with van der Waals surface area (Å²) in [5.41, 5.74) is 0.913. The van der Waals surface area contributed by atoms with Gasteiger partial charge in [0.25, 0.3) is 0 Å². The van der Waals surface area contributed by atoms with E-state index in [1.165, 1.54) is 0 Å². The molecule has 0 aliphatic carbocycles. The van der Waals surface area contributed by atoms with E-state index in [-0.39, 0.29) is 17.6 Å². The highest BCUT2D eigenvalue weighted by molar-refractivity contribution is 7.89. The van der Waals surface area contributed by atoms with E-state index in [2.05, 4.69) is 4.90 Å². The number of nitrogens with zero attached hydrogens (tertiary/aromatic N) is 2. The van der Waals surface area contributed by atoms with Gasteiger partial charge in [-0.25, -0.2) is 8.42 Å². The summed E-state index contributed by atoms with van der Waals surface area (Å²) in [6, 6.07) is 7.21. The van der Waals surface area contributed by atoms with Gasteiger partial charge in [0, 0.05) is 32.7 Å². The summed E-state index contributed by atoms with van der Waals surface area (Å²) in [5, 5.41) is 9.69. The van der Waals surface area contributed by atoms with Gasteiger partial charge in [-0.2, -0.15) is 4.31 Å². The molecule has 3 aliphatic heterocycles. The fourth-order valence-electron chi connectivity index (χ4n) is 4.81. The molecule has 3 saturated heterocycles. The van der Waals surface area contributed by atoms with Crippen LogP contribution in [0.15, 0.2) is 29.2 Å². The lowest BCUT2D eigenvalue weighted by Gasteiger charge is -2.38. The molecule has 3 aliphatic rings. The molecule has 0 amide bonds.